The summed E-state index contributed by atoms with van der Waals surface area (Å²) < 4.78 is 17.9. The first-order chi connectivity index (χ1) is 15.3. The minimum Gasteiger partial charge on any atom is -0.457 e. The third-order valence-electron chi connectivity index (χ3n) is 5.28. The molecular formula is C24H23NO6S. The molecule has 0 saturated heterocycles. The number of thiophene rings is 1. The quantitative estimate of drug-likeness (QED) is 0.367. The van der Waals surface area contributed by atoms with Crippen LogP contribution in [0.2, 0.25) is 0 Å². The number of ketones is 2. The summed E-state index contributed by atoms with van der Waals surface area (Å²) in [5, 5.41) is 0. The molecule has 0 amide bonds. The Hall–Kier alpha value is -3.39. The summed E-state index contributed by atoms with van der Waals surface area (Å²) in [6.45, 7) is 5.49. The van der Waals surface area contributed by atoms with E-state index in [1.807, 2.05) is 49.6 Å². The van der Waals surface area contributed by atoms with Crippen molar-refractivity contribution in [3.63, 3.8) is 0 Å². The van der Waals surface area contributed by atoms with Gasteiger partial charge in [0.05, 0.1) is 11.3 Å². The molecule has 166 valence electrons. The summed E-state index contributed by atoms with van der Waals surface area (Å²) in [6, 6.07) is 11.0. The number of aromatic nitrogens is 1. The third-order valence-corrected chi connectivity index (χ3v) is 6.32. The molecule has 32 heavy (non-hydrogen) atoms. The zero-order valence-corrected chi connectivity index (χ0v) is 18.9. The highest BCUT2D eigenvalue weighted by molar-refractivity contribution is 7.14. The smallest absolute Gasteiger partial charge is 0.306 e. The van der Waals surface area contributed by atoms with Crippen molar-refractivity contribution in [3.8, 4) is 17.2 Å². The van der Waals surface area contributed by atoms with E-state index in [-0.39, 0.29) is 37.8 Å². The zero-order chi connectivity index (χ0) is 22.8. The van der Waals surface area contributed by atoms with E-state index in [1.54, 1.807) is 12.1 Å². The molecule has 0 radical (unpaired) electrons. The number of ether oxygens (including phenoxy) is 3. The van der Waals surface area contributed by atoms with Crippen LogP contribution in [0, 0.1) is 20.8 Å². The van der Waals surface area contributed by atoms with Gasteiger partial charge in [0, 0.05) is 40.0 Å². The highest BCUT2D eigenvalue weighted by Crippen LogP contribution is 2.35. The molecule has 1 aromatic carbocycles. The molecule has 2 aromatic heterocycles. The Morgan fingerprint density at radius 1 is 0.969 bits per heavy atom. The standard InChI is InChI=1S/C24H23NO6S/c1-14-10-18(16(3)25(14)17-5-7-21-22(11-17)31-13-30-21)20(27)12-29-24(28)9-6-19(26)23-8-4-15(2)32-23/h4-5,7-8,10-11H,6,9,12-13H2,1-3H3. The molecule has 0 fully saturated rings. The van der Waals surface area contributed by atoms with Gasteiger partial charge in [-0.1, -0.05) is 0 Å². The Morgan fingerprint density at radius 3 is 2.50 bits per heavy atom. The van der Waals surface area contributed by atoms with Crippen LogP contribution in [0.1, 0.15) is 49.1 Å². The van der Waals surface area contributed by atoms with E-state index in [9.17, 15) is 14.4 Å². The molecule has 7 nitrogen and oxygen atoms in total. The monoisotopic (exact) mass is 453 g/mol. The average Bonchev–Trinajstić information content (AvgIpc) is 3.48. The predicted octanol–water partition coefficient (Wildman–Crippen LogP) is 4.58. The number of carbonyl (C=O) groups excluding carboxylic acids is 3. The van der Waals surface area contributed by atoms with Crippen LogP contribution in [-0.2, 0) is 9.53 Å². The first kappa shape index (κ1) is 21.8. The maximum absolute atomic E-state index is 12.7. The SMILES string of the molecule is Cc1ccc(C(=O)CCC(=O)OCC(=O)c2cc(C)n(-c3ccc4c(c3)OCO4)c2C)s1. The van der Waals surface area contributed by atoms with Crippen molar-refractivity contribution < 1.29 is 28.6 Å². The van der Waals surface area contributed by atoms with E-state index in [0.29, 0.717) is 21.9 Å². The van der Waals surface area contributed by atoms with Gasteiger partial charge in [-0.05, 0) is 51.1 Å². The van der Waals surface area contributed by atoms with Crippen molar-refractivity contribution in [1.29, 1.82) is 0 Å². The lowest BCUT2D eigenvalue weighted by Gasteiger charge is -2.11. The predicted molar refractivity (Wildman–Crippen MR) is 119 cm³/mol. The molecular weight excluding hydrogens is 430 g/mol. The Kier molecular flexibility index (Phi) is 6.14. The first-order valence-corrected chi connectivity index (χ1v) is 11.0. The largest absolute Gasteiger partial charge is 0.457 e. The van der Waals surface area contributed by atoms with Gasteiger partial charge in [0.2, 0.25) is 12.6 Å². The maximum atomic E-state index is 12.7. The Morgan fingerprint density at radius 2 is 1.75 bits per heavy atom. The summed E-state index contributed by atoms with van der Waals surface area (Å²) >= 11 is 1.40. The topological polar surface area (TPSA) is 83.8 Å². The van der Waals surface area contributed by atoms with Crippen LogP contribution >= 0.6 is 11.3 Å². The minimum absolute atomic E-state index is 0.0563. The molecule has 0 spiro atoms. The number of fused-ring (bicyclic) bond motifs is 1. The van der Waals surface area contributed by atoms with Crippen LogP contribution in [0.4, 0.5) is 0 Å². The van der Waals surface area contributed by atoms with Crippen LogP contribution in [0.25, 0.3) is 5.69 Å². The fourth-order valence-electron chi connectivity index (χ4n) is 3.69. The number of aryl methyl sites for hydroxylation is 2. The van der Waals surface area contributed by atoms with Crippen LogP contribution in [0.5, 0.6) is 11.5 Å². The van der Waals surface area contributed by atoms with Crippen LogP contribution in [0.3, 0.4) is 0 Å². The van der Waals surface area contributed by atoms with E-state index in [2.05, 4.69) is 0 Å². The van der Waals surface area contributed by atoms with Crippen LogP contribution < -0.4 is 9.47 Å². The number of hydrogen-bond donors (Lipinski definition) is 0. The second-order valence-electron chi connectivity index (χ2n) is 7.58. The van der Waals surface area contributed by atoms with Gasteiger partial charge in [0.15, 0.2) is 23.9 Å². The molecule has 0 saturated carbocycles. The van der Waals surface area contributed by atoms with Gasteiger partial charge in [-0.15, -0.1) is 11.3 Å². The normalized spacial score (nSPS) is 12.1. The van der Waals surface area contributed by atoms with Gasteiger partial charge in [-0.25, -0.2) is 0 Å². The van der Waals surface area contributed by atoms with Crippen molar-refractivity contribution in [2.75, 3.05) is 13.4 Å². The lowest BCUT2D eigenvalue weighted by atomic mass is 10.1. The highest BCUT2D eigenvalue weighted by atomic mass is 32.1. The number of nitrogens with zero attached hydrogens (tertiary/aromatic N) is 1. The van der Waals surface area contributed by atoms with E-state index in [1.165, 1.54) is 11.3 Å². The van der Waals surface area contributed by atoms with Crippen molar-refractivity contribution in [3.05, 3.63) is 63.1 Å². The van der Waals surface area contributed by atoms with Gasteiger partial charge < -0.3 is 18.8 Å². The fraction of sp³-hybridized carbons (Fsp3) is 0.292. The molecule has 0 aliphatic carbocycles. The van der Waals surface area contributed by atoms with Crippen molar-refractivity contribution in [1.82, 2.24) is 4.57 Å². The molecule has 0 unspecified atom stereocenters. The number of benzene rings is 1. The van der Waals surface area contributed by atoms with Gasteiger partial charge in [-0.2, -0.15) is 0 Å². The lowest BCUT2D eigenvalue weighted by Crippen LogP contribution is -2.15. The second-order valence-corrected chi connectivity index (χ2v) is 8.86. The molecule has 0 atom stereocenters. The summed E-state index contributed by atoms with van der Waals surface area (Å²) in [6.07, 6.45) is 0.00484. The molecule has 1 aliphatic heterocycles. The number of Topliss-reactive ketones (excluding diaryl/α,β-unsaturated/α-hetero) is 2. The number of esters is 1. The first-order valence-electron chi connectivity index (χ1n) is 10.2. The molecule has 8 heteroatoms. The van der Waals surface area contributed by atoms with Crippen molar-refractivity contribution >= 4 is 28.9 Å². The van der Waals surface area contributed by atoms with Gasteiger partial charge in [0.25, 0.3) is 0 Å². The molecule has 1 aliphatic rings. The van der Waals surface area contributed by atoms with Crippen LogP contribution in [-0.4, -0.2) is 35.5 Å². The van der Waals surface area contributed by atoms with Gasteiger partial charge in [0.1, 0.15) is 0 Å². The third kappa shape index (κ3) is 4.45. The lowest BCUT2D eigenvalue weighted by molar-refractivity contribution is -0.142. The molecule has 4 rings (SSSR count). The Bertz CT molecular complexity index is 1210. The molecule has 3 heterocycles. The average molecular weight is 454 g/mol. The van der Waals surface area contributed by atoms with Crippen molar-refractivity contribution in [2.45, 2.75) is 33.6 Å². The van der Waals surface area contributed by atoms with E-state index < -0.39 is 5.97 Å². The number of rotatable bonds is 8. The highest BCUT2D eigenvalue weighted by Gasteiger charge is 2.21. The molecule has 0 bridgehead atoms. The number of carbonyl (C=O) groups is 3. The summed E-state index contributed by atoms with van der Waals surface area (Å²) in [5.74, 6) is 0.387. The second kappa shape index (κ2) is 9.00. The Labute approximate surface area is 189 Å². The number of hydrogen-bond acceptors (Lipinski definition) is 7. The fourth-order valence-corrected chi connectivity index (χ4v) is 4.52. The van der Waals surface area contributed by atoms with E-state index in [4.69, 9.17) is 14.2 Å². The van der Waals surface area contributed by atoms with Crippen LogP contribution in [0.15, 0.2) is 36.4 Å². The summed E-state index contributed by atoms with van der Waals surface area (Å²) in [4.78, 5) is 38.6. The molecule has 3 aromatic rings. The molecule has 0 N–H and O–H groups in total. The summed E-state index contributed by atoms with van der Waals surface area (Å²) in [5.41, 5.74) is 2.94. The summed E-state index contributed by atoms with van der Waals surface area (Å²) in [7, 11) is 0. The van der Waals surface area contributed by atoms with Gasteiger partial charge in [-0.3, -0.25) is 14.4 Å². The maximum Gasteiger partial charge on any atom is 0.306 e. The van der Waals surface area contributed by atoms with Crippen molar-refractivity contribution in [2.24, 2.45) is 0 Å². The zero-order valence-electron chi connectivity index (χ0n) is 18.1. The Balaban J connectivity index is 1.37. The van der Waals surface area contributed by atoms with E-state index >= 15 is 0 Å². The van der Waals surface area contributed by atoms with Gasteiger partial charge >= 0.3 is 5.97 Å². The van der Waals surface area contributed by atoms with E-state index in [0.717, 1.165) is 22.0 Å². The minimum atomic E-state index is -0.565.